The number of halogens is 3. The van der Waals surface area contributed by atoms with Crippen LogP contribution in [0.15, 0.2) is 48.5 Å². The molecule has 0 N–H and O–H groups in total. The number of benzene rings is 2. The van der Waals surface area contributed by atoms with Crippen LogP contribution in [0.2, 0.25) is 5.15 Å². The van der Waals surface area contributed by atoms with Crippen LogP contribution in [0.25, 0.3) is 22.5 Å². The van der Waals surface area contributed by atoms with Crippen molar-refractivity contribution in [2.45, 2.75) is 0 Å². The Balaban J connectivity index is 2.25. The molecule has 3 nitrogen and oxygen atoms in total. The summed E-state index contributed by atoms with van der Waals surface area (Å²) in [4.78, 5) is 8.42. The summed E-state index contributed by atoms with van der Waals surface area (Å²) in [5, 5.41) is 9.04. The maximum absolute atomic E-state index is 13.1. The third kappa shape index (κ3) is 3.03. The van der Waals surface area contributed by atoms with E-state index >= 15 is 0 Å². The fraction of sp³-hybridized carbons (Fsp3) is 0. The zero-order valence-corrected chi connectivity index (χ0v) is 12.4. The van der Waals surface area contributed by atoms with Crippen LogP contribution in [-0.4, -0.2) is 9.97 Å². The molecule has 2 aromatic carbocycles. The quantitative estimate of drug-likeness (QED) is 0.690. The SMILES string of the molecule is N#Cc1nc(-c2ccc(F)cc2)c(-c2ccc(F)cc2)nc1Cl. The molecule has 0 fully saturated rings. The Bertz CT molecular complexity index is 901. The summed E-state index contributed by atoms with van der Waals surface area (Å²) in [6.07, 6.45) is 0. The van der Waals surface area contributed by atoms with Gasteiger partial charge in [0.25, 0.3) is 0 Å². The second-order valence-electron chi connectivity index (χ2n) is 4.69. The lowest BCUT2D eigenvalue weighted by Crippen LogP contribution is -1.98. The summed E-state index contributed by atoms with van der Waals surface area (Å²) >= 11 is 5.97. The third-order valence-electron chi connectivity index (χ3n) is 3.19. The fourth-order valence-electron chi connectivity index (χ4n) is 2.10. The Hall–Kier alpha value is -2.84. The van der Waals surface area contributed by atoms with Crippen molar-refractivity contribution in [3.63, 3.8) is 0 Å². The van der Waals surface area contributed by atoms with Crippen LogP contribution >= 0.6 is 11.6 Å². The van der Waals surface area contributed by atoms with Gasteiger partial charge in [0, 0.05) is 11.1 Å². The number of nitrogens with zero attached hydrogens (tertiary/aromatic N) is 3. The van der Waals surface area contributed by atoms with E-state index in [4.69, 9.17) is 16.9 Å². The fourth-order valence-corrected chi connectivity index (χ4v) is 2.27. The monoisotopic (exact) mass is 327 g/mol. The van der Waals surface area contributed by atoms with Crippen LogP contribution in [0.5, 0.6) is 0 Å². The van der Waals surface area contributed by atoms with E-state index < -0.39 is 0 Å². The highest BCUT2D eigenvalue weighted by atomic mass is 35.5. The van der Waals surface area contributed by atoms with Crippen molar-refractivity contribution >= 4 is 11.6 Å². The van der Waals surface area contributed by atoms with E-state index in [1.54, 1.807) is 0 Å². The van der Waals surface area contributed by atoms with Crippen LogP contribution in [-0.2, 0) is 0 Å². The van der Waals surface area contributed by atoms with E-state index in [0.29, 0.717) is 22.5 Å². The number of nitriles is 1. The van der Waals surface area contributed by atoms with Crippen LogP contribution in [0, 0.1) is 23.0 Å². The lowest BCUT2D eigenvalue weighted by atomic mass is 10.0. The minimum atomic E-state index is -0.389. The zero-order valence-electron chi connectivity index (χ0n) is 11.6. The minimum absolute atomic E-state index is 0.0307. The van der Waals surface area contributed by atoms with Crippen molar-refractivity contribution in [1.29, 1.82) is 5.26 Å². The molecule has 3 rings (SSSR count). The second kappa shape index (κ2) is 6.11. The highest BCUT2D eigenvalue weighted by Crippen LogP contribution is 2.31. The first-order chi connectivity index (χ1) is 11.1. The average Bonchev–Trinajstić information content (AvgIpc) is 2.56. The molecule has 0 radical (unpaired) electrons. The molecule has 23 heavy (non-hydrogen) atoms. The molecular formula is C17H8ClF2N3. The smallest absolute Gasteiger partial charge is 0.178 e. The van der Waals surface area contributed by atoms with Gasteiger partial charge in [-0.25, -0.2) is 18.7 Å². The molecule has 1 heterocycles. The van der Waals surface area contributed by atoms with E-state index in [1.807, 2.05) is 6.07 Å². The predicted molar refractivity (Wildman–Crippen MR) is 82.5 cm³/mol. The first-order valence-electron chi connectivity index (χ1n) is 6.58. The molecule has 112 valence electrons. The Morgan fingerprint density at radius 2 is 1.22 bits per heavy atom. The van der Waals surface area contributed by atoms with Crippen LogP contribution in [0.4, 0.5) is 8.78 Å². The molecule has 6 heteroatoms. The molecule has 0 saturated heterocycles. The van der Waals surface area contributed by atoms with Gasteiger partial charge in [-0.05, 0) is 48.5 Å². The number of rotatable bonds is 2. The molecular weight excluding hydrogens is 320 g/mol. The number of hydrogen-bond acceptors (Lipinski definition) is 3. The maximum atomic E-state index is 13.1. The summed E-state index contributed by atoms with van der Waals surface area (Å²) in [5.74, 6) is -0.774. The van der Waals surface area contributed by atoms with Crippen LogP contribution in [0.1, 0.15) is 5.69 Å². The van der Waals surface area contributed by atoms with Gasteiger partial charge < -0.3 is 0 Å². The number of hydrogen-bond donors (Lipinski definition) is 0. The molecule has 0 bridgehead atoms. The van der Waals surface area contributed by atoms with Crippen molar-refractivity contribution in [1.82, 2.24) is 9.97 Å². The minimum Gasteiger partial charge on any atom is -0.232 e. The van der Waals surface area contributed by atoms with Gasteiger partial charge in [0.05, 0.1) is 11.4 Å². The molecule has 0 aliphatic rings. The normalized spacial score (nSPS) is 10.3. The van der Waals surface area contributed by atoms with Crippen molar-refractivity contribution in [3.05, 3.63) is 71.0 Å². The highest BCUT2D eigenvalue weighted by Gasteiger charge is 2.16. The van der Waals surface area contributed by atoms with Crippen LogP contribution < -0.4 is 0 Å². The van der Waals surface area contributed by atoms with Gasteiger partial charge in [0.2, 0.25) is 0 Å². The average molecular weight is 328 g/mol. The Labute approximate surface area is 135 Å². The van der Waals surface area contributed by atoms with Crippen molar-refractivity contribution < 1.29 is 8.78 Å². The first-order valence-corrected chi connectivity index (χ1v) is 6.96. The summed E-state index contributed by atoms with van der Waals surface area (Å²) < 4.78 is 26.3. The topological polar surface area (TPSA) is 49.6 Å². The van der Waals surface area contributed by atoms with E-state index in [2.05, 4.69) is 9.97 Å². The highest BCUT2D eigenvalue weighted by molar-refractivity contribution is 6.30. The molecule has 0 saturated carbocycles. The van der Waals surface area contributed by atoms with Gasteiger partial charge in [-0.15, -0.1) is 0 Å². The van der Waals surface area contributed by atoms with E-state index in [0.717, 1.165) is 0 Å². The standard InChI is InChI=1S/C17H8ClF2N3/c18-17-14(9-21)22-15(10-1-5-12(19)6-2-10)16(23-17)11-3-7-13(20)8-4-11/h1-8H. The Morgan fingerprint density at radius 1 is 0.783 bits per heavy atom. The van der Waals surface area contributed by atoms with Gasteiger partial charge in [0.15, 0.2) is 10.8 Å². The summed E-state index contributed by atoms with van der Waals surface area (Å²) in [7, 11) is 0. The molecule has 3 aromatic rings. The van der Waals surface area contributed by atoms with Gasteiger partial charge in [-0.3, -0.25) is 0 Å². The summed E-state index contributed by atoms with van der Waals surface area (Å²) in [6.45, 7) is 0. The predicted octanol–water partition coefficient (Wildman–Crippen LogP) is 4.61. The van der Waals surface area contributed by atoms with E-state index in [9.17, 15) is 8.78 Å². The lowest BCUT2D eigenvalue weighted by Gasteiger charge is -2.10. The van der Waals surface area contributed by atoms with Gasteiger partial charge in [-0.2, -0.15) is 5.26 Å². The maximum Gasteiger partial charge on any atom is 0.178 e. The van der Waals surface area contributed by atoms with Crippen molar-refractivity contribution in [2.75, 3.05) is 0 Å². The van der Waals surface area contributed by atoms with Gasteiger partial charge >= 0.3 is 0 Å². The molecule has 1 aromatic heterocycles. The lowest BCUT2D eigenvalue weighted by molar-refractivity contribution is 0.627. The summed E-state index contributed by atoms with van der Waals surface area (Å²) in [6, 6.07) is 13.1. The molecule has 0 amide bonds. The number of aromatic nitrogens is 2. The van der Waals surface area contributed by atoms with Crippen molar-refractivity contribution in [2.24, 2.45) is 0 Å². The molecule has 0 aliphatic carbocycles. The Morgan fingerprint density at radius 3 is 1.65 bits per heavy atom. The molecule has 0 aliphatic heterocycles. The van der Waals surface area contributed by atoms with Gasteiger partial charge in [0.1, 0.15) is 17.7 Å². The first kappa shape index (κ1) is 15.1. The van der Waals surface area contributed by atoms with E-state index in [-0.39, 0.29) is 22.5 Å². The Kier molecular flexibility index (Phi) is 4.00. The van der Waals surface area contributed by atoms with Crippen molar-refractivity contribution in [3.8, 4) is 28.6 Å². The largest absolute Gasteiger partial charge is 0.232 e. The molecule has 0 spiro atoms. The molecule has 0 unspecified atom stereocenters. The molecule has 0 atom stereocenters. The third-order valence-corrected chi connectivity index (χ3v) is 3.46. The van der Waals surface area contributed by atoms with Gasteiger partial charge in [-0.1, -0.05) is 11.6 Å². The summed E-state index contributed by atoms with van der Waals surface area (Å²) in [5.41, 5.74) is 1.89. The second-order valence-corrected chi connectivity index (χ2v) is 5.04. The zero-order chi connectivity index (χ0) is 16.4. The van der Waals surface area contributed by atoms with Crippen LogP contribution in [0.3, 0.4) is 0 Å². The van der Waals surface area contributed by atoms with E-state index in [1.165, 1.54) is 48.5 Å².